The lowest BCUT2D eigenvalue weighted by Crippen LogP contribution is -2.44. The number of hydrogen-bond donors (Lipinski definition) is 0. The van der Waals surface area contributed by atoms with Gasteiger partial charge in [-0.05, 0) is 116 Å². The second-order valence-corrected chi connectivity index (χ2v) is 29.0. The van der Waals surface area contributed by atoms with Crippen LogP contribution in [-0.4, -0.2) is 82.3 Å². The molecule has 0 rings (SSSR count). The molecule has 2 atom stereocenters. The van der Waals surface area contributed by atoms with Crippen LogP contribution in [0.2, 0.25) is 0 Å². The molecule has 0 aromatic heterocycles. The number of likely N-dealkylation sites (N-methyl/N-ethyl adjacent to an activating group) is 1. The van der Waals surface area contributed by atoms with E-state index in [1.165, 1.54) is 212 Å². The van der Waals surface area contributed by atoms with Gasteiger partial charge in [0.15, 0.2) is 12.4 Å². The minimum absolute atomic E-state index is 0.145. The van der Waals surface area contributed by atoms with Crippen molar-refractivity contribution in [2.75, 3.05) is 47.5 Å². The van der Waals surface area contributed by atoms with E-state index >= 15 is 0 Å². The van der Waals surface area contributed by atoms with Gasteiger partial charge in [-0.2, -0.15) is 0 Å². The highest BCUT2D eigenvalue weighted by Gasteiger charge is 2.22. The average molecular weight is 1410 g/mol. The Balaban J connectivity index is 4.00. The van der Waals surface area contributed by atoms with E-state index in [4.69, 9.17) is 18.9 Å². The summed E-state index contributed by atoms with van der Waals surface area (Å²) < 4.78 is 22.9. The van der Waals surface area contributed by atoms with Crippen LogP contribution in [0.4, 0.5) is 0 Å². The van der Waals surface area contributed by atoms with Gasteiger partial charge in [0.05, 0.1) is 40.3 Å². The third-order valence-corrected chi connectivity index (χ3v) is 18.1. The number of aliphatic carboxylic acids is 1. The van der Waals surface area contributed by atoms with Crippen molar-refractivity contribution in [2.45, 2.75) is 373 Å². The topological polar surface area (TPSA) is 111 Å². The van der Waals surface area contributed by atoms with E-state index in [0.29, 0.717) is 23.9 Å². The van der Waals surface area contributed by atoms with E-state index in [2.05, 4.69) is 160 Å². The van der Waals surface area contributed by atoms with Gasteiger partial charge in [-0.3, -0.25) is 9.59 Å². The van der Waals surface area contributed by atoms with Crippen LogP contribution < -0.4 is 5.11 Å². The number of carboxylic acids is 1. The summed E-state index contributed by atoms with van der Waals surface area (Å²) in [6, 6.07) is 0. The fourth-order valence-electron chi connectivity index (χ4n) is 11.8. The molecule has 9 nitrogen and oxygen atoms in total. The number of carbonyl (C=O) groups excluding carboxylic acids is 3. The highest BCUT2D eigenvalue weighted by molar-refractivity contribution is 5.70. The zero-order valence-corrected chi connectivity index (χ0v) is 66.2. The van der Waals surface area contributed by atoms with Crippen LogP contribution in [0.15, 0.2) is 146 Å². The maximum absolute atomic E-state index is 13.0. The smallest absolute Gasteiger partial charge is 0.306 e. The van der Waals surface area contributed by atoms with E-state index < -0.39 is 24.3 Å². The van der Waals surface area contributed by atoms with Crippen LogP contribution in [0.25, 0.3) is 0 Å². The third-order valence-electron chi connectivity index (χ3n) is 18.1. The maximum Gasteiger partial charge on any atom is 0.306 e. The molecule has 0 N–H and O–H groups in total. The van der Waals surface area contributed by atoms with E-state index in [0.717, 1.165) is 116 Å². The van der Waals surface area contributed by atoms with Crippen LogP contribution in [0.5, 0.6) is 0 Å². The van der Waals surface area contributed by atoms with Crippen molar-refractivity contribution in [3.05, 3.63) is 146 Å². The maximum atomic E-state index is 13.0. The molecular formula is C92H157NO8. The third kappa shape index (κ3) is 82.3. The summed E-state index contributed by atoms with van der Waals surface area (Å²) in [5, 5.41) is 11.9. The first kappa shape index (κ1) is 96.2. The number of esters is 2. The SMILES string of the molecule is CC/C=C\C/C=C\C/C=C\C/C=C\C/C=C\C/C=C\C/C=C\C/C=C\CCCCCCCCCCCCCCCCCCC(=O)OC(COC(=O)CCCCCCCCCCCCCCCCCCCCCCCC/C=C\C/C=C\C/C=C\C/C=C\CC)COC(OCC[N+](C)(C)C)C(=O)[O-]. The normalized spacial score (nSPS) is 13.4. The van der Waals surface area contributed by atoms with E-state index in [1.807, 2.05) is 21.1 Å². The van der Waals surface area contributed by atoms with Crippen LogP contribution in [0, 0.1) is 0 Å². The van der Waals surface area contributed by atoms with Gasteiger partial charge in [-0.25, -0.2) is 0 Å². The van der Waals surface area contributed by atoms with E-state index in [9.17, 15) is 19.5 Å². The molecule has 101 heavy (non-hydrogen) atoms. The molecular weight excluding hydrogens is 1250 g/mol. The molecule has 0 spiro atoms. The van der Waals surface area contributed by atoms with Crippen molar-refractivity contribution in [1.82, 2.24) is 0 Å². The fourth-order valence-corrected chi connectivity index (χ4v) is 11.8. The Bertz CT molecular complexity index is 2180. The molecule has 2 unspecified atom stereocenters. The zero-order valence-electron chi connectivity index (χ0n) is 66.2. The molecule has 0 saturated carbocycles. The number of quaternary nitrogens is 1. The van der Waals surface area contributed by atoms with Crippen LogP contribution in [-0.2, 0) is 33.3 Å². The molecule has 0 amide bonds. The van der Waals surface area contributed by atoms with Gasteiger partial charge in [0.25, 0.3) is 0 Å². The molecule has 0 fully saturated rings. The molecule has 0 radical (unpaired) electrons. The summed E-state index contributed by atoms with van der Waals surface area (Å²) in [5.74, 6) is -2.27. The van der Waals surface area contributed by atoms with Crippen molar-refractivity contribution in [2.24, 2.45) is 0 Å². The number of carbonyl (C=O) groups is 3. The minimum Gasteiger partial charge on any atom is -0.545 e. The van der Waals surface area contributed by atoms with Gasteiger partial charge in [-0.1, -0.05) is 378 Å². The molecule has 0 aliphatic carbocycles. The average Bonchev–Trinajstić information content (AvgIpc) is 1.21. The Labute approximate surface area is 623 Å². The van der Waals surface area contributed by atoms with Gasteiger partial charge in [0.2, 0.25) is 0 Å². The Kier molecular flexibility index (Phi) is 77.0. The molecule has 0 aromatic carbocycles. The van der Waals surface area contributed by atoms with Crippen LogP contribution >= 0.6 is 0 Å². The first-order chi connectivity index (χ1) is 49.6. The lowest BCUT2D eigenvalue weighted by atomic mass is 10.0. The zero-order chi connectivity index (χ0) is 73.2. The molecule has 0 aromatic rings. The second kappa shape index (κ2) is 80.8. The Morgan fingerprint density at radius 2 is 0.535 bits per heavy atom. The standard InChI is InChI=1S/C92H157NO8/c1-6-8-10-12-14-16-18-20-22-24-26-28-30-32-34-36-38-40-42-43-44-45-46-47-49-51-53-55-57-59-61-63-65-67-69-71-73-75-77-79-81-83-90(95)101-88(87-100-92(91(96)97)98-85-84-93(3,4)5)86-99-89(94)82-80-78-76-74-72-70-68-66-64-62-60-58-56-54-52-50-48-41-39-37-35-33-31-29-27-25-23-21-19-17-15-13-11-9-7-2/h8-11,14-17,20-23,26-29,32,34,38,40,43-44,46-47,88,92H,6-7,12-13,18-19,24-25,30-31,33,35-37,39,41-42,45,48-87H2,1-5H3/b10-8-,11-9-,16-14-,17-15-,22-20-,23-21-,28-26-,29-27-,34-32-,40-38-,44-43-,47-46-. The second-order valence-electron chi connectivity index (χ2n) is 29.0. The summed E-state index contributed by atoms with van der Waals surface area (Å²) in [4.78, 5) is 37.7. The number of ether oxygens (including phenoxy) is 4. The Hall–Kier alpha value is -4.83. The summed E-state index contributed by atoms with van der Waals surface area (Å²) in [6.45, 7) is 4.56. The molecule has 0 aliphatic heterocycles. The minimum atomic E-state index is -1.63. The number of carboxylic acid groups (broad SMARTS) is 1. The monoisotopic (exact) mass is 1400 g/mol. The van der Waals surface area contributed by atoms with E-state index in [-0.39, 0.29) is 32.2 Å². The lowest BCUT2D eigenvalue weighted by Gasteiger charge is -2.26. The van der Waals surface area contributed by atoms with Gasteiger partial charge >= 0.3 is 11.9 Å². The number of hydrogen-bond acceptors (Lipinski definition) is 8. The largest absolute Gasteiger partial charge is 0.545 e. The number of nitrogens with zero attached hydrogens (tertiary/aromatic N) is 1. The van der Waals surface area contributed by atoms with Gasteiger partial charge in [-0.15, -0.1) is 0 Å². The number of unbranched alkanes of at least 4 members (excludes halogenated alkanes) is 38. The van der Waals surface area contributed by atoms with Crippen molar-refractivity contribution < 1.29 is 42.9 Å². The van der Waals surface area contributed by atoms with Crippen molar-refractivity contribution in [1.29, 1.82) is 0 Å². The fraction of sp³-hybridized carbons (Fsp3) is 0.707. The van der Waals surface area contributed by atoms with E-state index in [1.54, 1.807) is 0 Å². The highest BCUT2D eigenvalue weighted by Crippen LogP contribution is 2.19. The summed E-state index contributed by atoms with van der Waals surface area (Å²) in [6.07, 6.45) is 116. The van der Waals surface area contributed by atoms with Crippen LogP contribution in [0.1, 0.15) is 361 Å². The quantitative estimate of drug-likeness (QED) is 0.0195. The van der Waals surface area contributed by atoms with Gasteiger partial charge < -0.3 is 33.3 Å². The Morgan fingerprint density at radius 3 is 0.792 bits per heavy atom. The first-order valence-corrected chi connectivity index (χ1v) is 42.0. The van der Waals surface area contributed by atoms with Crippen molar-refractivity contribution in [3.8, 4) is 0 Å². The predicted molar refractivity (Wildman–Crippen MR) is 435 cm³/mol. The summed E-state index contributed by atoms with van der Waals surface area (Å²) >= 11 is 0. The molecule has 9 heteroatoms. The van der Waals surface area contributed by atoms with Crippen molar-refractivity contribution >= 4 is 17.9 Å². The van der Waals surface area contributed by atoms with Crippen molar-refractivity contribution in [3.63, 3.8) is 0 Å². The Morgan fingerprint density at radius 1 is 0.297 bits per heavy atom. The molecule has 0 bridgehead atoms. The number of rotatable bonds is 77. The van der Waals surface area contributed by atoms with Gasteiger partial charge in [0.1, 0.15) is 13.2 Å². The lowest BCUT2D eigenvalue weighted by molar-refractivity contribution is -0.870. The highest BCUT2D eigenvalue weighted by atomic mass is 16.7. The molecule has 0 aliphatic rings. The molecule has 578 valence electrons. The summed E-state index contributed by atoms with van der Waals surface area (Å²) in [5.41, 5.74) is 0. The summed E-state index contributed by atoms with van der Waals surface area (Å²) in [7, 11) is 5.94. The van der Waals surface area contributed by atoms with Crippen LogP contribution in [0.3, 0.4) is 0 Å². The molecule has 0 heterocycles. The molecule has 0 saturated heterocycles. The number of allylic oxidation sites excluding steroid dienone is 24. The van der Waals surface area contributed by atoms with Gasteiger partial charge in [0, 0.05) is 12.8 Å². The first-order valence-electron chi connectivity index (χ1n) is 42.0. The predicted octanol–water partition coefficient (Wildman–Crippen LogP) is 26.0.